The van der Waals surface area contributed by atoms with Crippen LogP contribution in [0.5, 0.6) is 5.75 Å². The van der Waals surface area contributed by atoms with Crippen LogP contribution in [0.2, 0.25) is 0 Å². The molecular formula is C20H17F4N3O3. The summed E-state index contributed by atoms with van der Waals surface area (Å²) in [5.41, 5.74) is 1.22. The molecule has 0 fully saturated rings. The lowest BCUT2D eigenvalue weighted by Gasteiger charge is -2.10. The smallest absolute Gasteiger partial charge is 0.255 e. The predicted octanol–water partition coefficient (Wildman–Crippen LogP) is 4.26. The van der Waals surface area contributed by atoms with Crippen LogP contribution in [0.15, 0.2) is 42.7 Å². The lowest BCUT2D eigenvalue weighted by Crippen LogP contribution is -2.11. The fourth-order valence-corrected chi connectivity index (χ4v) is 2.47. The van der Waals surface area contributed by atoms with Crippen molar-refractivity contribution in [2.75, 3.05) is 11.9 Å². The molecular weight excluding hydrogens is 406 g/mol. The number of nitrogens with zero attached hydrogens (tertiary/aromatic N) is 2. The Morgan fingerprint density at radius 3 is 2.40 bits per heavy atom. The minimum Gasteiger partial charge on any atom is -0.483 e. The largest absolute Gasteiger partial charge is 0.483 e. The number of aromatic nitrogens is 2. The molecule has 1 N–H and O–H groups in total. The van der Waals surface area contributed by atoms with Gasteiger partial charge in [0, 0.05) is 18.2 Å². The average molecular weight is 423 g/mol. The maximum Gasteiger partial charge on any atom is 0.255 e. The molecule has 0 aliphatic rings. The molecule has 30 heavy (non-hydrogen) atoms. The molecule has 3 aromatic rings. The van der Waals surface area contributed by atoms with Crippen LogP contribution in [0.25, 0.3) is 0 Å². The summed E-state index contributed by atoms with van der Waals surface area (Å²) in [6.07, 6.45) is 3.08. The van der Waals surface area contributed by atoms with Crippen LogP contribution in [0.4, 0.5) is 23.2 Å². The van der Waals surface area contributed by atoms with E-state index in [2.05, 4.69) is 10.4 Å². The second kappa shape index (κ2) is 9.40. The molecule has 1 heterocycles. The Hall–Kier alpha value is -3.40. The number of carbonyl (C=O) groups is 1. The van der Waals surface area contributed by atoms with Crippen molar-refractivity contribution in [2.45, 2.75) is 20.3 Å². The molecule has 158 valence electrons. The number of carbonyl (C=O) groups excluding carboxylic acids is 1. The van der Waals surface area contributed by atoms with Gasteiger partial charge in [0.1, 0.15) is 13.3 Å². The van der Waals surface area contributed by atoms with Crippen molar-refractivity contribution in [1.29, 1.82) is 0 Å². The summed E-state index contributed by atoms with van der Waals surface area (Å²) in [7, 11) is 0. The number of halogens is 4. The van der Waals surface area contributed by atoms with Crippen molar-refractivity contribution < 1.29 is 31.8 Å². The molecule has 0 aliphatic heterocycles. The van der Waals surface area contributed by atoms with Crippen molar-refractivity contribution in [2.24, 2.45) is 0 Å². The van der Waals surface area contributed by atoms with E-state index in [1.54, 1.807) is 6.20 Å². The zero-order valence-electron chi connectivity index (χ0n) is 15.8. The highest BCUT2D eigenvalue weighted by molar-refractivity contribution is 6.04. The lowest BCUT2D eigenvalue weighted by atomic mass is 10.1. The van der Waals surface area contributed by atoms with E-state index >= 15 is 0 Å². The number of hydrogen-bond donors (Lipinski definition) is 1. The third kappa shape index (κ3) is 4.95. The first-order chi connectivity index (χ1) is 14.4. The predicted molar refractivity (Wildman–Crippen MR) is 98.9 cm³/mol. The Morgan fingerprint density at radius 1 is 1.10 bits per heavy atom. The number of rotatable bonds is 8. The first-order valence-corrected chi connectivity index (χ1v) is 8.85. The van der Waals surface area contributed by atoms with Gasteiger partial charge in [-0.3, -0.25) is 4.79 Å². The fourth-order valence-electron chi connectivity index (χ4n) is 2.47. The molecule has 0 radical (unpaired) electrons. The maximum absolute atomic E-state index is 13.6. The molecule has 2 aromatic carbocycles. The van der Waals surface area contributed by atoms with E-state index in [0.717, 1.165) is 0 Å². The summed E-state index contributed by atoms with van der Waals surface area (Å²) < 4.78 is 65.3. The quantitative estimate of drug-likeness (QED) is 0.434. The molecule has 1 aromatic heterocycles. The van der Waals surface area contributed by atoms with Gasteiger partial charge in [-0.1, -0.05) is 12.1 Å². The van der Waals surface area contributed by atoms with Crippen molar-refractivity contribution in [3.8, 4) is 5.75 Å². The summed E-state index contributed by atoms with van der Waals surface area (Å²) in [5, 5.41) is 6.71. The monoisotopic (exact) mass is 423 g/mol. The van der Waals surface area contributed by atoms with Crippen molar-refractivity contribution in [3.05, 3.63) is 77.1 Å². The molecule has 3 rings (SSSR count). The zero-order chi connectivity index (χ0) is 21.7. The van der Waals surface area contributed by atoms with Gasteiger partial charge in [-0.25, -0.2) is 13.5 Å². The van der Waals surface area contributed by atoms with Gasteiger partial charge in [-0.2, -0.15) is 13.9 Å². The van der Waals surface area contributed by atoms with Gasteiger partial charge >= 0.3 is 0 Å². The first kappa shape index (κ1) is 21.3. The summed E-state index contributed by atoms with van der Waals surface area (Å²) in [5.74, 6) is -7.88. The van der Waals surface area contributed by atoms with Crippen molar-refractivity contribution >= 4 is 11.6 Å². The summed E-state index contributed by atoms with van der Waals surface area (Å²) in [6.45, 7) is 2.29. The van der Waals surface area contributed by atoms with E-state index in [0.29, 0.717) is 23.4 Å². The number of amides is 1. The SMILES string of the molecule is CCOCn1cc(NC(=O)c2ccc(COc3c(F)c(F)cc(F)c3F)cc2)cn1. The highest BCUT2D eigenvalue weighted by Gasteiger charge is 2.20. The number of ether oxygens (including phenoxy) is 2. The van der Waals surface area contributed by atoms with Crippen LogP contribution in [-0.2, 0) is 18.1 Å². The number of hydrogen-bond acceptors (Lipinski definition) is 4. The Labute approximate surface area is 169 Å². The van der Waals surface area contributed by atoms with Gasteiger partial charge in [0.05, 0.1) is 18.1 Å². The van der Waals surface area contributed by atoms with E-state index in [-0.39, 0.29) is 19.4 Å². The lowest BCUT2D eigenvalue weighted by molar-refractivity contribution is 0.0792. The Morgan fingerprint density at radius 2 is 1.77 bits per heavy atom. The molecule has 0 spiro atoms. The molecule has 0 saturated carbocycles. The van der Waals surface area contributed by atoms with E-state index in [9.17, 15) is 22.4 Å². The van der Waals surface area contributed by atoms with Gasteiger partial charge < -0.3 is 14.8 Å². The Bertz CT molecular complexity index is 1010. The third-order valence-electron chi connectivity index (χ3n) is 3.99. The van der Waals surface area contributed by atoms with Gasteiger partial charge in [0.25, 0.3) is 5.91 Å². The third-order valence-corrected chi connectivity index (χ3v) is 3.99. The maximum atomic E-state index is 13.6. The van der Waals surface area contributed by atoms with Crippen LogP contribution in [-0.4, -0.2) is 22.3 Å². The molecule has 0 bridgehead atoms. The Kier molecular flexibility index (Phi) is 6.68. The summed E-state index contributed by atoms with van der Waals surface area (Å²) in [4.78, 5) is 12.3. The van der Waals surface area contributed by atoms with Crippen LogP contribution >= 0.6 is 0 Å². The normalized spacial score (nSPS) is 10.8. The average Bonchev–Trinajstić information content (AvgIpc) is 3.18. The standard InChI is InChI=1S/C20H17F4N3O3/c1-2-29-11-27-9-14(8-25-27)26-20(28)13-5-3-12(4-6-13)10-30-19-17(23)15(21)7-16(22)18(19)24/h3-9H,2,10-11H2,1H3,(H,26,28). The second-order valence-corrected chi connectivity index (χ2v) is 6.13. The van der Waals surface area contributed by atoms with Crippen LogP contribution in [0, 0.1) is 23.3 Å². The van der Waals surface area contributed by atoms with Crippen LogP contribution < -0.4 is 10.1 Å². The molecule has 0 saturated heterocycles. The van der Waals surface area contributed by atoms with E-state index in [1.807, 2.05) is 6.92 Å². The number of benzene rings is 2. The van der Waals surface area contributed by atoms with Gasteiger partial charge in [-0.15, -0.1) is 0 Å². The molecule has 1 amide bonds. The van der Waals surface area contributed by atoms with Gasteiger partial charge in [0.15, 0.2) is 17.4 Å². The first-order valence-electron chi connectivity index (χ1n) is 8.85. The molecule has 0 atom stereocenters. The molecule has 0 unspecified atom stereocenters. The minimum atomic E-state index is -1.62. The fraction of sp³-hybridized carbons (Fsp3) is 0.200. The van der Waals surface area contributed by atoms with Gasteiger partial charge in [-0.05, 0) is 24.6 Å². The highest BCUT2D eigenvalue weighted by Crippen LogP contribution is 2.27. The van der Waals surface area contributed by atoms with E-state index in [1.165, 1.54) is 35.1 Å². The molecule has 0 aliphatic carbocycles. The summed E-state index contributed by atoms with van der Waals surface area (Å²) >= 11 is 0. The van der Waals surface area contributed by atoms with Crippen molar-refractivity contribution in [1.82, 2.24) is 9.78 Å². The summed E-state index contributed by atoms with van der Waals surface area (Å²) in [6, 6.07) is 6.01. The van der Waals surface area contributed by atoms with Crippen molar-refractivity contribution in [3.63, 3.8) is 0 Å². The van der Waals surface area contributed by atoms with Gasteiger partial charge in [0.2, 0.25) is 11.6 Å². The molecule has 6 nitrogen and oxygen atoms in total. The minimum absolute atomic E-state index is 0.103. The zero-order valence-corrected chi connectivity index (χ0v) is 15.8. The topological polar surface area (TPSA) is 65.4 Å². The highest BCUT2D eigenvalue weighted by atomic mass is 19.2. The van der Waals surface area contributed by atoms with Crippen LogP contribution in [0.3, 0.4) is 0 Å². The van der Waals surface area contributed by atoms with E-state index in [4.69, 9.17) is 9.47 Å². The Balaban J connectivity index is 1.61. The number of anilines is 1. The number of nitrogens with one attached hydrogen (secondary N) is 1. The van der Waals surface area contributed by atoms with Crippen LogP contribution in [0.1, 0.15) is 22.8 Å². The second-order valence-electron chi connectivity index (χ2n) is 6.13. The molecule has 10 heteroatoms. The van der Waals surface area contributed by atoms with E-state index < -0.39 is 34.9 Å².